The van der Waals surface area contributed by atoms with Gasteiger partial charge >= 0.3 is 18.2 Å². The van der Waals surface area contributed by atoms with Crippen molar-refractivity contribution >= 4 is 18.2 Å². The molecule has 0 radical (unpaired) electrons. The Kier molecular flexibility index (Phi) is 9.56. The quantitative estimate of drug-likeness (QED) is 0.475. The number of rotatable bonds is 4. The number of ether oxygens (including phenoxy) is 6. The van der Waals surface area contributed by atoms with Crippen molar-refractivity contribution in [3.63, 3.8) is 0 Å². The molecule has 1 aromatic carbocycles. The number of nitrogens with zero attached hydrogens (tertiary/aromatic N) is 1. The third-order valence-corrected chi connectivity index (χ3v) is 4.80. The molecule has 1 aromatic rings. The van der Waals surface area contributed by atoms with E-state index >= 15 is 0 Å². The van der Waals surface area contributed by atoms with E-state index in [2.05, 4.69) is 0 Å². The molecule has 1 aliphatic rings. The first-order valence-electron chi connectivity index (χ1n) is 11.6. The molecule has 2 amide bonds. The molecule has 11 nitrogen and oxygen atoms in total. The Morgan fingerprint density at radius 1 is 0.944 bits per heavy atom. The van der Waals surface area contributed by atoms with E-state index in [0.29, 0.717) is 16.4 Å². The molecular weight excluding hydrogens is 474 g/mol. The van der Waals surface area contributed by atoms with E-state index in [9.17, 15) is 19.5 Å². The average Bonchev–Trinajstić information content (AvgIpc) is 2.77. The summed E-state index contributed by atoms with van der Waals surface area (Å²) in [6, 6.07) is 5.12. The molecule has 11 heteroatoms. The second kappa shape index (κ2) is 11.8. The summed E-state index contributed by atoms with van der Waals surface area (Å²) in [6.07, 6.45) is -5.36. The number of aliphatic hydroxyl groups is 1. The van der Waals surface area contributed by atoms with E-state index in [4.69, 9.17) is 28.4 Å². The average molecular weight is 512 g/mol. The molecule has 0 saturated carbocycles. The van der Waals surface area contributed by atoms with Crippen molar-refractivity contribution in [1.29, 1.82) is 0 Å². The Morgan fingerprint density at radius 3 is 1.92 bits per heavy atom. The Morgan fingerprint density at radius 2 is 1.44 bits per heavy atom. The van der Waals surface area contributed by atoms with Crippen LogP contribution in [-0.2, 0) is 23.7 Å². The maximum Gasteiger partial charge on any atom is 0.420 e. The van der Waals surface area contributed by atoms with Crippen molar-refractivity contribution in [2.75, 3.05) is 20.3 Å². The molecule has 4 atom stereocenters. The predicted octanol–water partition coefficient (Wildman–Crippen LogP) is 3.31. The number of methoxy groups -OCH3 is 1. The number of hydrogen-bond acceptors (Lipinski definition) is 10. The van der Waals surface area contributed by atoms with Crippen molar-refractivity contribution < 1.29 is 47.9 Å². The van der Waals surface area contributed by atoms with Gasteiger partial charge in [-0.25, -0.2) is 14.4 Å². The molecular formula is C25H37NO10. The van der Waals surface area contributed by atoms with Crippen LogP contribution < -0.4 is 9.47 Å². The van der Waals surface area contributed by atoms with Crippen LogP contribution in [0.15, 0.2) is 24.3 Å². The van der Waals surface area contributed by atoms with Gasteiger partial charge in [0.15, 0.2) is 12.1 Å². The highest BCUT2D eigenvalue weighted by Gasteiger charge is 2.44. The monoisotopic (exact) mass is 511 g/mol. The number of amides is 2. The van der Waals surface area contributed by atoms with Crippen LogP contribution in [0, 0.1) is 0 Å². The van der Waals surface area contributed by atoms with Crippen LogP contribution >= 0.6 is 0 Å². The molecule has 1 fully saturated rings. The van der Waals surface area contributed by atoms with Crippen molar-refractivity contribution in [2.24, 2.45) is 0 Å². The van der Waals surface area contributed by atoms with Gasteiger partial charge in [-0.1, -0.05) is 0 Å². The fourth-order valence-corrected chi connectivity index (χ4v) is 3.22. The molecule has 0 aromatic heterocycles. The zero-order valence-electron chi connectivity index (χ0n) is 22.1. The molecule has 0 aliphatic carbocycles. The highest BCUT2D eigenvalue weighted by atomic mass is 16.6. The fraction of sp³-hybridized carbons (Fsp3) is 0.640. The molecule has 0 spiro atoms. The van der Waals surface area contributed by atoms with Gasteiger partial charge in [0, 0.05) is 0 Å². The number of hydrogen-bond donors (Lipinski definition) is 1. The van der Waals surface area contributed by atoms with Crippen LogP contribution in [0.3, 0.4) is 0 Å². The van der Waals surface area contributed by atoms with Gasteiger partial charge in [-0.3, -0.25) is 0 Å². The Labute approximate surface area is 211 Å². The van der Waals surface area contributed by atoms with Crippen LogP contribution in [0.2, 0.25) is 0 Å². The number of imide groups is 1. The lowest BCUT2D eigenvalue weighted by Crippen LogP contribution is -2.54. The molecule has 0 unspecified atom stereocenters. The van der Waals surface area contributed by atoms with Gasteiger partial charge in [0.05, 0.1) is 20.3 Å². The highest BCUT2D eigenvalue weighted by molar-refractivity contribution is 5.94. The third-order valence-electron chi connectivity index (χ3n) is 4.80. The summed E-state index contributed by atoms with van der Waals surface area (Å²) in [5, 5.41) is 10.7. The number of benzene rings is 1. The Hall–Kier alpha value is -3.05. The van der Waals surface area contributed by atoms with Crippen LogP contribution in [0.5, 0.6) is 11.5 Å². The van der Waals surface area contributed by atoms with Crippen molar-refractivity contribution in [2.45, 2.75) is 84.0 Å². The Balaban J connectivity index is 2.30. The normalized spacial score (nSPS) is 23.3. The molecule has 202 valence electrons. The van der Waals surface area contributed by atoms with Gasteiger partial charge in [0.1, 0.15) is 34.9 Å². The first-order chi connectivity index (χ1) is 16.6. The summed E-state index contributed by atoms with van der Waals surface area (Å²) >= 11 is 0. The van der Waals surface area contributed by atoms with E-state index in [1.54, 1.807) is 65.8 Å². The second-order valence-electron chi connectivity index (χ2n) is 10.4. The SMILES string of the molecule is COc1ccc(O[C@H]2[C@H](C)OC(=O)[C@@H](N(C(=O)OC(C)(C)C)C(=O)OC(C)(C)C)COC[C@@H]2O)cc1. The molecule has 36 heavy (non-hydrogen) atoms. The first-order valence-corrected chi connectivity index (χ1v) is 11.6. The van der Waals surface area contributed by atoms with E-state index in [1.807, 2.05) is 0 Å². The standard InChI is InChI=1S/C25H37NO10/c1-15-20(34-17-11-9-16(31-8)10-12-17)19(27)14-32-13-18(21(28)33-15)26(22(29)35-24(2,3)4)23(30)36-25(5,6)7/h9-12,15,18-20,27H,13-14H2,1-8H3/t15-,18-,19-,20-/m0/s1. The summed E-state index contributed by atoms with van der Waals surface area (Å²) in [6.45, 7) is 10.6. The third kappa shape index (κ3) is 8.56. The minimum absolute atomic E-state index is 0.255. The van der Waals surface area contributed by atoms with Gasteiger partial charge < -0.3 is 33.5 Å². The van der Waals surface area contributed by atoms with Gasteiger partial charge in [-0.15, -0.1) is 0 Å². The summed E-state index contributed by atoms with van der Waals surface area (Å²) in [7, 11) is 1.53. The van der Waals surface area contributed by atoms with Gasteiger partial charge in [0.2, 0.25) is 0 Å². The van der Waals surface area contributed by atoms with Gasteiger partial charge in [-0.2, -0.15) is 4.90 Å². The molecule has 0 bridgehead atoms. The van der Waals surface area contributed by atoms with Crippen LogP contribution in [0.4, 0.5) is 9.59 Å². The highest BCUT2D eigenvalue weighted by Crippen LogP contribution is 2.24. The van der Waals surface area contributed by atoms with E-state index in [1.165, 1.54) is 14.0 Å². The van der Waals surface area contributed by atoms with Crippen molar-refractivity contribution in [1.82, 2.24) is 4.90 Å². The molecule has 1 saturated heterocycles. The minimum Gasteiger partial charge on any atom is -0.497 e. The summed E-state index contributed by atoms with van der Waals surface area (Å²) < 4.78 is 32.8. The summed E-state index contributed by atoms with van der Waals surface area (Å²) in [5.74, 6) is 0.0757. The van der Waals surface area contributed by atoms with Crippen LogP contribution in [0.1, 0.15) is 48.5 Å². The van der Waals surface area contributed by atoms with Crippen LogP contribution in [0.25, 0.3) is 0 Å². The first kappa shape index (κ1) is 29.2. The fourth-order valence-electron chi connectivity index (χ4n) is 3.22. The lowest BCUT2D eigenvalue weighted by Gasteiger charge is -2.32. The topological polar surface area (TPSA) is 130 Å². The number of esters is 1. The number of carbonyl (C=O) groups is 3. The maximum atomic E-state index is 13.2. The lowest BCUT2D eigenvalue weighted by molar-refractivity contribution is -0.160. The summed E-state index contributed by atoms with van der Waals surface area (Å²) in [4.78, 5) is 39.7. The zero-order valence-corrected chi connectivity index (χ0v) is 22.1. The Bertz CT molecular complexity index is 875. The summed E-state index contributed by atoms with van der Waals surface area (Å²) in [5.41, 5.74) is -1.91. The number of aliphatic hydroxyl groups excluding tert-OH is 1. The molecule has 1 heterocycles. The minimum atomic E-state index is -1.52. The number of carbonyl (C=O) groups excluding carboxylic acids is 3. The lowest BCUT2D eigenvalue weighted by atomic mass is 10.1. The van der Waals surface area contributed by atoms with Crippen molar-refractivity contribution in [3.05, 3.63) is 24.3 Å². The van der Waals surface area contributed by atoms with E-state index in [0.717, 1.165) is 0 Å². The smallest absolute Gasteiger partial charge is 0.420 e. The van der Waals surface area contributed by atoms with Crippen LogP contribution in [-0.4, -0.2) is 84.0 Å². The van der Waals surface area contributed by atoms with E-state index < -0.39 is 60.3 Å². The largest absolute Gasteiger partial charge is 0.497 e. The van der Waals surface area contributed by atoms with Gasteiger partial charge in [-0.05, 0) is 72.7 Å². The van der Waals surface area contributed by atoms with Gasteiger partial charge in [0.25, 0.3) is 0 Å². The second-order valence-corrected chi connectivity index (χ2v) is 10.4. The predicted molar refractivity (Wildman–Crippen MR) is 128 cm³/mol. The maximum absolute atomic E-state index is 13.2. The number of cyclic esters (lactones) is 1. The molecule has 2 rings (SSSR count). The van der Waals surface area contributed by atoms with Crippen molar-refractivity contribution in [3.8, 4) is 11.5 Å². The van der Waals surface area contributed by atoms with E-state index in [-0.39, 0.29) is 6.61 Å². The molecule has 1 aliphatic heterocycles. The molecule has 1 N–H and O–H groups in total. The zero-order chi connectivity index (χ0) is 27.3.